The molecule has 3 heterocycles. The predicted molar refractivity (Wildman–Crippen MR) is 101 cm³/mol. The van der Waals surface area contributed by atoms with E-state index in [9.17, 15) is 0 Å². The summed E-state index contributed by atoms with van der Waals surface area (Å²) in [5.41, 5.74) is 3.54. The van der Waals surface area contributed by atoms with Gasteiger partial charge in [0.2, 0.25) is 5.95 Å². The third-order valence-electron chi connectivity index (χ3n) is 3.67. The van der Waals surface area contributed by atoms with Gasteiger partial charge in [0.05, 0.1) is 30.7 Å². The average Bonchev–Trinajstić information content (AvgIpc) is 3.33. The van der Waals surface area contributed by atoms with Gasteiger partial charge in [-0.25, -0.2) is 15.0 Å². The topological polar surface area (TPSA) is 88.8 Å². The summed E-state index contributed by atoms with van der Waals surface area (Å²) in [7, 11) is 0. The summed E-state index contributed by atoms with van der Waals surface area (Å²) in [5, 5.41) is 19.1. The molecule has 0 unspecified atom stereocenters. The van der Waals surface area contributed by atoms with Crippen molar-refractivity contribution in [2.75, 3.05) is 11.9 Å². The molecule has 0 spiro atoms. The lowest BCUT2D eigenvalue weighted by molar-refractivity contribution is 0.269. The normalized spacial score (nSPS) is 10.8. The van der Waals surface area contributed by atoms with Gasteiger partial charge < -0.3 is 10.4 Å². The molecule has 7 nitrogen and oxygen atoms in total. The van der Waals surface area contributed by atoms with Crippen LogP contribution in [0.4, 0.5) is 11.6 Å². The van der Waals surface area contributed by atoms with Crippen LogP contribution in [-0.4, -0.2) is 36.4 Å². The molecular formula is C18H16N6OS. The Bertz CT molecular complexity index is 998. The zero-order valence-corrected chi connectivity index (χ0v) is 14.6. The first kappa shape index (κ1) is 16.4. The van der Waals surface area contributed by atoms with Crippen LogP contribution in [0, 0.1) is 0 Å². The summed E-state index contributed by atoms with van der Waals surface area (Å²) in [5.74, 6) is 0.475. The van der Waals surface area contributed by atoms with Gasteiger partial charge in [0.15, 0.2) is 0 Å². The SMILES string of the molecule is OCCn1cc(Nc2nccc(-c3nc(-c4ccccc4)cs3)n2)cn1. The summed E-state index contributed by atoms with van der Waals surface area (Å²) in [6.07, 6.45) is 5.16. The van der Waals surface area contributed by atoms with Crippen molar-refractivity contribution in [3.8, 4) is 22.0 Å². The van der Waals surface area contributed by atoms with Crippen molar-refractivity contribution in [3.63, 3.8) is 0 Å². The lowest BCUT2D eigenvalue weighted by Gasteiger charge is -2.03. The van der Waals surface area contributed by atoms with E-state index in [4.69, 9.17) is 5.11 Å². The number of anilines is 2. The molecule has 0 bridgehead atoms. The molecule has 4 aromatic rings. The third kappa shape index (κ3) is 3.61. The van der Waals surface area contributed by atoms with Crippen LogP contribution in [-0.2, 0) is 6.54 Å². The van der Waals surface area contributed by atoms with Crippen LogP contribution >= 0.6 is 11.3 Å². The van der Waals surface area contributed by atoms with Crippen LogP contribution in [0.15, 0.2) is 60.4 Å². The van der Waals surface area contributed by atoms with E-state index in [1.165, 1.54) is 0 Å². The van der Waals surface area contributed by atoms with Crippen LogP contribution in [0.3, 0.4) is 0 Å². The van der Waals surface area contributed by atoms with E-state index in [2.05, 4.69) is 25.4 Å². The average molecular weight is 364 g/mol. The lowest BCUT2D eigenvalue weighted by Crippen LogP contribution is -2.01. The Balaban J connectivity index is 1.55. The number of rotatable bonds is 6. The van der Waals surface area contributed by atoms with Crippen molar-refractivity contribution in [3.05, 3.63) is 60.4 Å². The van der Waals surface area contributed by atoms with Crippen molar-refractivity contribution in [2.24, 2.45) is 0 Å². The Morgan fingerprint density at radius 1 is 1.08 bits per heavy atom. The number of hydrogen-bond acceptors (Lipinski definition) is 7. The van der Waals surface area contributed by atoms with E-state index < -0.39 is 0 Å². The standard InChI is InChI=1S/C18H16N6OS/c25-9-8-24-11-14(10-20-24)21-18-19-7-6-15(23-18)17-22-16(12-26-17)13-4-2-1-3-5-13/h1-7,10-12,25H,8-9H2,(H,19,21,23). The predicted octanol–water partition coefficient (Wildman–Crippen LogP) is 3.20. The van der Waals surface area contributed by atoms with E-state index in [0.717, 1.165) is 27.6 Å². The summed E-state index contributed by atoms with van der Waals surface area (Å²) in [6, 6.07) is 11.9. The second-order valence-electron chi connectivity index (χ2n) is 5.51. The van der Waals surface area contributed by atoms with Gasteiger partial charge in [-0.2, -0.15) is 5.10 Å². The van der Waals surface area contributed by atoms with E-state index in [1.807, 2.05) is 41.8 Å². The number of hydrogen-bond donors (Lipinski definition) is 2. The van der Waals surface area contributed by atoms with Crippen molar-refractivity contribution < 1.29 is 5.11 Å². The zero-order valence-electron chi connectivity index (χ0n) is 13.8. The molecule has 0 fully saturated rings. The van der Waals surface area contributed by atoms with Gasteiger partial charge >= 0.3 is 0 Å². The molecule has 8 heteroatoms. The number of aliphatic hydroxyl groups is 1. The maximum Gasteiger partial charge on any atom is 0.227 e. The van der Waals surface area contributed by atoms with Gasteiger partial charge in [0.1, 0.15) is 10.7 Å². The van der Waals surface area contributed by atoms with E-state index in [-0.39, 0.29) is 6.61 Å². The highest BCUT2D eigenvalue weighted by molar-refractivity contribution is 7.13. The first-order valence-corrected chi connectivity index (χ1v) is 8.94. The quantitative estimate of drug-likeness (QED) is 0.546. The minimum absolute atomic E-state index is 0.0426. The van der Waals surface area contributed by atoms with Crippen LogP contribution < -0.4 is 5.32 Å². The van der Waals surface area contributed by atoms with Crippen molar-refractivity contribution in [1.29, 1.82) is 0 Å². The van der Waals surface area contributed by atoms with Crippen LogP contribution in [0.25, 0.3) is 22.0 Å². The molecule has 4 rings (SSSR count). The molecule has 130 valence electrons. The van der Waals surface area contributed by atoms with Crippen molar-refractivity contribution in [1.82, 2.24) is 24.7 Å². The Morgan fingerprint density at radius 2 is 1.96 bits per heavy atom. The Hall–Kier alpha value is -3.10. The fourth-order valence-electron chi connectivity index (χ4n) is 2.45. The number of thiazole rings is 1. The van der Waals surface area contributed by atoms with E-state index >= 15 is 0 Å². The molecule has 0 amide bonds. The minimum Gasteiger partial charge on any atom is -0.394 e. The molecule has 2 N–H and O–H groups in total. The Morgan fingerprint density at radius 3 is 2.81 bits per heavy atom. The lowest BCUT2D eigenvalue weighted by atomic mass is 10.2. The molecule has 1 aromatic carbocycles. The molecule has 3 aromatic heterocycles. The second-order valence-corrected chi connectivity index (χ2v) is 6.37. The molecule has 26 heavy (non-hydrogen) atoms. The zero-order chi connectivity index (χ0) is 17.8. The van der Waals surface area contributed by atoms with Gasteiger partial charge in [-0.1, -0.05) is 30.3 Å². The fraction of sp³-hybridized carbons (Fsp3) is 0.111. The maximum absolute atomic E-state index is 8.95. The maximum atomic E-state index is 8.95. The summed E-state index contributed by atoms with van der Waals surface area (Å²) in [4.78, 5) is 13.5. The smallest absolute Gasteiger partial charge is 0.227 e. The molecule has 0 saturated heterocycles. The van der Waals surface area contributed by atoms with Gasteiger partial charge in [-0.15, -0.1) is 11.3 Å². The highest BCUT2D eigenvalue weighted by Crippen LogP contribution is 2.28. The first-order chi connectivity index (χ1) is 12.8. The Labute approximate surface area is 154 Å². The first-order valence-electron chi connectivity index (χ1n) is 8.06. The number of benzene rings is 1. The summed E-state index contributed by atoms with van der Waals surface area (Å²) >= 11 is 1.55. The largest absolute Gasteiger partial charge is 0.394 e. The Kier molecular flexibility index (Phi) is 4.67. The van der Waals surface area contributed by atoms with E-state index in [1.54, 1.807) is 34.6 Å². The number of aromatic nitrogens is 5. The highest BCUT2D eigenvalue weighted by Gasteiger charge is 2.09. The molecule has 0 atom stereocenters. The van der Waals surface area contributed by atoms with Crippen LogP contribution in [0.5, 0.6) is 0 Å². The van der Waals surface area contributed by atoms with Crippen molar-refractivity contribution >= 4 is 23.0 Å². The summed E-state index contributed by atoms with van der Waals surface area (Å²) < 4.78 is 1.65. The third-order valence-corrected chi connectivity index (χ3v) is 4.53. The number of nitrogens with zero attached hydrogens (tertiary/aromatic N) is 5. The molecule has 0 saturated carbocycles. The van der Waals surface area contributed by atoms with Crippen LogP contribution in [0.1, 0.15) is 0 Å². The molecule has 0 radical (unpaired) electrons. The van der Waals surface area contributed by atoms with Gasteiger partial charge in [-0.05, 0) is 6.07 Å². The van der Waals surface area contributed by atoms with Gasteiger partial charge in [0.25, 0.3) is 0 Å². The van der Waals surface area contributed by atoms with Crippen molar-refractivity contribution in [2.45, 2.75) is 6.54 Å². The van der Waals surface area contributed by atoms with E-state index in [0.29, 0.717) is 12.5 Å². The fourth-order valence-corrected chi connectivity index (χ4v) is 3.25. The van der Waals surface area contributed by atoms with Crippen LogP contribution in [0.2, 0.25) is 0 Å². The van der Waals surface area contributed by atoms with Gasteiger partial charge in [-0.3, -0.25) is 4.68 Å². The monoisotopic (exact) mass is 364 g/mol. The molecule has 0 aliphatic carbocycles. The van der Waals surface area contributed by atoms with Gasteiger partial charge in [0, 0.05) is 23.3 Å². The number of nitrogens with one attached hydrogen (secondary N) is 1. The minimum atomic E-state index is 0.0426. The molecular weight excluding hydrogens is 348 g/mol. The molecule has 0 aliphatic heterocycles. The second kappa shape index (κ2) is 7.42. The molecule has 0 aliphatic rings. The highest BCUT2D eigenvalue weighted by atomic mass is 32.1. The summed E-state index contributed by atoms with van der Waals surface area (Å²) in [6.45, 7) is 0.491. The number of aliphatic hydroxyl groups excluding tert-OH is 1.